The van der Waals surface area contributed by atoms with Crippen LogP contribution < -0.4 is 10.0 Å². The molecule has 2 aliphatic rings. The number of hydrogen-bond donors (Lipinski definition) is 4. The molecule has 1 aromatic heterocycles. The lowest BCUT2D eigenvalue weighted by atomic mass is 9.99. The van der Waals surface area contributed by atoms with E-state index in [4.69, 9.17) is 0 Å². The number of carbonyl (C=O) groups excluding carboxylic acids is 1. The second-order valence-electron chi connectivity index (χ2n) is 8.23. The average molecular weight is 465 g/mol. The van der Waals surface area contributed by atoms with Crippen molar-refractivity contribution in [3.05, 3.63) is 39.5 Å². The maximum absolute atomic E-state index is 13.4. The summed E-state index contributed by atoms with van der Waals surface area (Å²) in [7, 11) is -3.85. The van der Waals surface area contributed by atoms with Gasteiger partial charge in [0.1, 0.15) is 14.8 Å². The summed E-state index contributed by atoms with van der Waals surface area (Å²) in [6.07, 6.45) is 5.23. The minimum atomic E-state index is -3.85. The molecule has 9 nitrogen and oxygen atoms in total. The Morgan fingerprint density at radius 3 is 2.29 bits per heavy atom. The van der Waals surface area contributed by atoms with Crippen LogP contribution >= 0.6 is 11.3 Å². The molecule has 166 valence electrons. The molecule has 0 saturated heterocycles. The summed E-state index contributed by atoms with van der Waals surface area (Å²) in [5.41, 5.74) is 4.04. The van der Waals surface area contributed by atoms with Crippen molar-refractivity contribution < 1.29 is 24.0 Å². The van der Waals surface area contributed by atoms with E-state index in [0.29, 0.717) is 0 Å². The van der Waals surface area contributed by atoms with E-state index >= 15 is 0 Å². The van der Waals surface area contributed by atoms with Gasteiger partial charge in [0.05, 0.1) is 6.20 Å². The molecule has 2 aromatic rings. The zero-order valence-corrected chi connectivity index (χ0v) is 18.9. The van der Waals surface area contributed by atoms with Crippen LogP contribution in [0.2, 0.25) is 0 Å². The molecular weight excluding hydrogens is 440 g/mol. The third-order valence-electron chi connectivity index (χ3n) is 5.42. The molecule has 1 aromatic carbocycles. The number of urea groups is 1. The summed E-state index contributed by atoms with van der Waals surface area (Å²) in [5.74, 6) is 0. The van der Waals surface area contributed by atoms with Crippen molar-refractivity contribution >= 4 is 39.1 Å². The van der Waals surface area contributed by atoms with Crippen LogP contribution in [0.15, 0.2) is 20.8 Å². The van der Waals surface area contributed by atoms with Gasteiger partial charge in [0.15, 0.2) is 9.92 Å². The Bertz CT molecular complexity index is 1160. The lowest BCUT2D eigenvalue weighted by molar-refractivity contribution is 0.0783. The number of carbonyl (C=O) groups is 2. The van der Waals surface area contributed by atoms with Gasteiger partial charge in [-0.25, -0.2) is 23.5 Å². The summed E-state index contributed by atoms with van der Waals surface area (Å²) in [6.45, 7) is 3.00. The number of nitrogens with one attached hydrogen (secondary N) is 2. The van der Waals surface area contributed by atoms with Crippen LogP contribution in [0.3, 0.4) is 0 Å². The zero-order chi connectivity index (χ0) is 22.4. The van der Waals surface area contributed by atoms with Gasteiger partial charge in [-0.2, -0.15) is 0 Å². The molecule has 3 amide bonds. The third-order valence-corrected chi connectivity index (χ3v) is 8.98. The highest BCUT2D eigenvalue weighted by atomic mass is 32.2. The fourth-order valence-corrected chi connectivity index (χ4v) is 6.64. The number of benzene rings is 1. The van der Waals surface area contributed by atoms with Crippen molar-refractivity contribution in [2.75, 3.05) is 5.32 Å². The average Bonchev–Trinajstić information content (AvgIpc) is 3.40. The van der Waals surface area contributed by atoms with Gasteiger partial charge in [-0.1, -0.05) is 6.07 Å². The Balaban J connectivity index is 1.72. The maximum Gasteiger partial charge on any atom is 0.417 e. The topological polar surface area (TPSA) is 141 Å². The van der Waals surface area contributed by atoms with Crippen LogP contribution in [-0.2, 0) is 41.2 Å². The molecule has 1 atom stereocenters. The number of hydrogen-bond acceptors (Lipinski definition) is 6. The minimum Gasteiger partial charge on any atom is -0.464 e. The lowest BCUT2D eigenvalue weighted by Crippen LogP contribution is -2.29. The smallest absolute Gasteiger partial charge is 0.417 e. The molecule has 4 rings (SSSR count). The number of aryl methyl sites for hydroxylation is 2. The molecule has 31 heavy (non-hydrogen) atoms. The van der Waals surface area contributed by atoms with Crippen LogP contribution in [0, 0.1) is 0 Å². The SMILES string of the molecule is CC(C)(O)c1ncc(S(=O)(=NC(=O)Nc2c3c(cc4c2CCC4)CCC3)NC(=O)O)s1. The van der Waals surface area contributed by atoms with Crippen LogP contribution in [0.1, 0.15) is 54.0 Å². The van der Waals surface area contributed by atoms with Crippen molar-refractivity contribution in [2.24, 2.45) is 4.36 Å². The highest BCUT2D eigenvalue weighted by molar-refractivity contribution is 7.94. The molecule has 0 spiro atoms. The number of carboxylic acid groups (broad SMARTS) is 1. The fourth-order valence-electron chi connectivity index (χ4n) is 4.12. The molecule has 1 unspecified atom stereocenters. The van der Waals surface area contributed by atoms with E-state index in [1.807, 2.05) is 4.72 Å². The van der Waals surface area contributed by atoms with E-state index in [2.05, 4.69) is 20.7 Å². The number of nitrogens with zero attached hydrogens (tertiary/aromatic N) is 2. The van der Waals surface area contributed by atoms with Gasteiger partial charge >= 0.3 is 12.1 Å². The van der Waals surface area contributed by atoms with Crippen molar-refractivity contribution in [1.29, 1.82) is 0 Å². The van der Waals surface area contributed by atoms with E-state index in [1.165, 1.54) is 31.2 Å². The Morgan fingerprint density at radius 1 is 1.16 bits per heavy atom. The van der Waals surface area contributed by atoms with Crippen LogP contribution in [-0.4, -0.2) is 31.5 Å². The second kappa shape index (κ2) is 7.88. The number of aliphatic hydroxyl groups is 1. The number of fused-ring (bicyclic) bond motifs is 2. The molecule has 4 N–H and O–H groups in total. The van der Waals surface area contributed by atoms with Gasteiger partial charge in [0.25, 0.3) is 0 Å². The predicted octanol–water partition coefficient (Wildman–Crippen LogP) is 3.59. The summed E-state index contributed by atoms with van der Waals surface area (Å²) in [6, 6.07) is 1.34. The van der Waals surface area contributed by atoms with Crippen LogP contribution in [0.25, 0.3) is 0 Å². The van der Waals surface area contributed by atoms with Gasteiger partial charge < -0.3 is 15.5 Å². The minimum absolute atomic E-state index is 0.0503. The summed E-state index contributed by atoms with van der Waals surface area (Å²) in [4.78, 5) is 28.1. The van der Waals surface area contributed by atoms with Crippen molar-refractivity contribution in [3.63, 3.8) is 0 Å². The molecule has 1 heterocycles. The number of thiazole rings is 1. The standard InChI is InChI=1S/C20H24N4O5S2/c1-20(2,28)17-21-10-15(30-17)31(29,24-19(26)27)23-18(25)22-16-13-7-3-5-11(13)9-12-6-4-8-14(12)16/h9-10,28H,3-8H2,1-2H3,(H,26,27)(H2,22,23,24,25,29). The first-order valence-corrected chi connectivity index (χ1v) is 12.3. The van der Waals surface area contributed by atoms with Gasteiger partial charge in [-0.15, -0.1) is 15.7 Å². The first-order valence-electron chi connectivity index (χ1n) is 10.0. The number of rotatable bonds is 4. The van der Waals surface area contributed by atoms with Crippen LogP contribution in [0.5, 0.6) is 0 Å². The van der Waals surface area contributed by atoms with Gasteiger partial charge in [0.2, 0.25) is 0 Å². The highest BCUT2D eigenvalue weighted by Gasteiger charge is 2.28. The first-order chi connectivity index (χ1) is 14.6. The molecule has 0 saturated carbocycles. The number of amides is 3. The van der Waals surface area contributed by atoms with E-state index in [9.17, 15) is 24.0 Å². The maximum atomic E-state index is 13.4. The largest absolute Gasteiger partial charge is 0.464 e. The molecule has 0 fully saturated rings. The van der Waals surface area contributed by atoms with Crippen molar-refractivity contribution in [1.82, 2.24) is 9.71 Å². The highest BCUT2D eigenvalue weighted by Crippen LogP contribution is 2.38. The molecule has 0 bridgehead atoms. The second-order valence-corrected chi connectivity index (χ2v) is 11.4. The first kappa shape index (κ1) is 21.7. The lowest BCUT2D eigenvalue weighted by Gasteiger charge is -2.15. The Labute approximate surface area is 184 Å². The van der Waals surface area contributed by atoms with Crippen molar-refractivity contribution in [2.45, 2.75) is 62.2 Å². The molecular formula is C20H24N4O5S2. The monoisotopic (exact) mass is 464 g/mol. The predicted molar refractivity (Wildman–Crippen MR) is 117 cm³/mol. The normalized spacial score (nSPS) is 16.9. The van der Waals surface area contributed by atoms with Gasteiger partial charge in [0, 0.05) is 5.69 Å². The quantitative estimate of drug-likeness (QED) is 0.545. The zero-order valence-electron chi connectivity index (χ0n) is 17.2. The van der Waals surface area contributed by atoms with E-state index in [-0.39, 0.29) is 9.22 Å². The summed E-state index contributed by atoms with van der Waals surface area (Å²) < 4.78 is 18.9. The molecule has 2 aliphatic carbocycles. The van der Waals surface area contributed by atoms with E-state index < -0.39 is 27.6 Å². The Hall–Kier alpha value is -2.50. The number of anilines is 1. The Morgan fingerprint density at radius 2 is 1.77 bits per heavy atom. The molecule has 0 aliphatic heterocycles. The van der Waals surface area contributed by atoms with Gasteiger partial charge in [-0.3, -0.25) is 0 Å². The van der Waals surface area contributed by atoms with E-state index in [1.54, 1.807) is 0 Å². The molecule has 11 heteroatoms. The Kier molecular flexibility index (Phi) is 5.52. The van der Waals surface area contributed by atoms with Crippen molar-refractivity contribution in [3.8, 4) is 0 Å². The summed E-state index contributed by atoms with van der Waals surface area (Å²) in [5, 5.41) is 22.3. The van der Waals surface area contributed by atoms with Crippen LogP contribution in [0.4, 0.5) is 15.3 Å². The third kappa shape index (κ3) is 4.30. The molecule has 0 radical (unpaired) electrons. The summed E-state index contributed by atoms with van der Waals surface area (Å²) >= 11 is 0.841. The number of aromatic nitrogens is 1. The van der Waals surface area contributed by atoms with E-state index in [0.717, 1.165) is 66.7 Å². The fraction of sp³-hybridized carbons (Fsp3) is 0.450. The van der Waals surface area contributed by atoms with Gasteiger partial charge in [-0.05, 0) is 74.6 Å².